The third kappa shape index (κ3) is 4.26. The second-order valence-electron chi connectivity index (χ2n) is 5.53. The molecule has 0 aliphatic carbocycles. The average Bonchev–Trinajstić information content (AvgIpc) is 3.03. The third-order valence-corrected chi connectivity index (χ3v) is 4.76. The standard InChI is InChI=1S/C16H17ClN4O3S/c1-2-3-4-14-19-20-16(25-14)18-13(22)8-21-11-7-10(17)5-6-12(11)24-9-15(21)23/h5-7H,2-4,8-9H2,1H3,(H,18,20,22). The molecule has 2 heterocycles. The van der Waals surface area contributed by atoms with Crippen LogP contribution >= 0.6 is 22.9 Å². The van der Waals surface area contributed by atoms with Crippen LogP contribution in [0.4, 0.5) is 10.8 Å². The Labute approximate surface area is 153 Å². The minimum Gasteiger partial charge on any atom is -0.482 e. The van der Waals surface area contributed by atoms with Gasteiger partial charge in [0.2, 0.25) is 11.0 Å². The molecule has 0 spiro atoms. The highest BCUT2D eigenvalue weighted by atomic mass is 35.5. The van der Waals surface area contributed by atoms with Crippen molar-refractivity contribution in [2.24, 2.45) is 0 Å². The molecule has 0 saturated carbocycles. The van der Waals surface area contributed by atoms with E-state index in [1.807, 2.05) is 0 Å². The smallest absolute Gasteiger partial charge is 0.265 e. The molecule has 3 rings (SSSR count). The van der Waals surface area contributed by atoms with E-state index in [0.717, 1.165) is 24.3 Å². The van der Waals surface area contributed by atoms with E-state index in [9.17, 15) is 9.59 Å². The zero-order valence-electron chi connectivity index (χ0n) is 13.6. The average molecular weight is 381 g/mol. The lowest BCUT2D eigenvalue weighted by Crippen LogP contribution is -2.43. The number of nitrogens with zero attached hydrogens (tertiary/aromatic N) is 3. The molecule has 1 aliphatic rings. The molecule has 1 aromatic carbocycles. The first-order chi connectivity index (χ1) is 12.1. The van der Waals surface area contributed by atoms with Crippen molar-refractivity contribution < 1.29 is 14.3 Å². The van der Waals surface area contributed by atoms with E-state index in [2.05, 4.69) is 22.4 Å². The summed E-state index contributed by atoms with van der Waals surface area (Å²) in [5, 5.41) is 12.5. The molecule has 1 aromatic heterocycles. The summed E-state index contributed by atoms with van der Waals surface area (Å²) < 4.78 is 5.36. The Hall–Kier alpha value is -2.19. The Morgan fingerprint density at radius 3 is 3.08 bits per heavy atom. The van der Waals surface area contributed by atoms with Crippen molar-refractivity contribution in [1.82, 2.24) is 10.2 Å². The van der Waals surface area contributed by atoms with Gasteiger partial charge in [-0.3, -0.25) is 19.8 Å². The van der Waals surface area contributed by atoms with Crippen molar-refractivity contribution in [2.75, 3.05) is 23.4 Å². The van der Waals surface area contributed by atoms with E-state index in [4.69, 9.17) is 16.3 Å². The Morgan fingerprint density at radius 2 is 2.28 bits per heavy atom. The number of hydrogen-bond acceptors (Lipinski definition) is 6. The molecule has 0 saturated heterocycles. The predicted octanol–water partition coefficient (Wildman–Crippen LogP) is 2.90. The first-order valence-electron chi connectivity index (χ1n) is 7.91. The molecular weight excluding hydrogens is 364 g/mol. The third-order valence-electron chi connectivity index (χ3n) is 3.62. The molecule has 9 heteroatoms. The summed E-state index contributed by atoms with van der Waals surface area (Å²) >= 11 is 7.34. The van der Waals surface area contributed by atoms with Gasteiger partial charge in [0, 0.05) is 11.4 Å². The van der Waals surface area contributed by atoms with Crippen LogP contribution in [0.15, 0.2) is 18.2 Å². The fourth-order valence-electron chi connectivity index (χ4n) is 2.38. The largest absolute Gasteiger partial charge is 0.482 e. The fourth-order valence-corrected chi connectivity index (χ4v) is 3.35. The number of carbonyl (C=O) groups is 2. The van der Waals surface area contributed by atoms with Crippen LogP contribution in [-0.4, -0.2) is 35.2 Å². The highest BCUT2D eigenvalue weighted by Gasteiger charge is 2.27. The van der Waals surface area contributed by atoms with Gasteiger partial charge in [0.05, 0.1) is 5.69 Å². The van der Waals surface area contributed by atoms with Crippen LogP contribution in [0.2, 0.25) is 5.02 Å². The Bertz CT molecular complexity index is 795. The summed E-state index contributed by atoms with van der Waals surface area (Å²) in [5.74, 6) is -0.125. The lowest BCUT2D eigenvalue weighted by Gasteiger charge is -2.28. The lowest BCUT2D eigenvalue weighted by molar-refractivity contribution is -0.123. The van der Waals surface area contributed by atoms with E-state index < -0.39 is 0 Å². The monoisotopic (exact) mass is 380 g/mol. The number of aromatic nitrogens is 2. The minimum absolute atomic E-state index is 0.109. The zero-order valence-corrected chi connectivity index (χ0v) is 15.2. The molecule has 132 valence electrons. The number of benzene rings is 1. The molecule has 2 amide bonds. The molecule has 0 fully saturated rings. The van der Waals surface area contributed by atoms with Gasteiger partial charge in [0.25, 0.3) is 5.91 Å². The van der Waals surface area contributed by atoms with Gasteiger partial charge in [-0.25, -0.2) is 0 Å². The van der Waals surface area contributed by atoms with E-state index in [1.54, 1.807) is 18.2 Å². The summed E-state index contributed by atoms with van der Waals surface area (Å²) in [7, 11) is 0. The van der Waals surface area contributed by atoms with Crippen molar-refractivity contribution in [2.45, 2.75) is 26.2 Å². The zero-order chi connectivity index (χ0) is 17.8. The summed E-state index contributed by atoms with van der Waals surface area (Å²) in [4.78, 5) is 25.8. The Kier molecular flexibility index (Phi) is 5.50. The molecule has 1 N–H and O–H groups in total. The van der Waals surface area contributed by atoms with Crippen molar-refractivity contribution in [3.63, 3.8) is 0 Å². The first kappa shape index (κ1) is 17.6. The van der Waals surface area contributed by atoms with Gasteiger partial charge in [-0.2, -0.15) is 0 Å². The number of amides is 2. The van der Waals surface area contributed by atoms with E-state index in [-0.39, 0.29) is 25.0 Å². The maximum atomic E-state index is 12.3. The molecule has 0 bridgehead atoms. The second-order valence-corrected chi connectivity index (χ2v) is 7.03. The van der Waals surface area contributed by atoms with Crippen molar-refractivity contribution in [3.8, 4) is 5.75 Å². The Balaban J connectivity index is 1.67. The molecule has 25 heavy (non-hydrogen) atoms. The van der Waals surface area contributed by atoms with Crippen LogP contribution < -0.4 is 15.0 Å². The van der Waals surface area contributed by atoms with Crippen molar-refractivity contribution >= 4 is 45.6 Å². The number of rotatable bonds is 6. The van der Waals surface area contributed by atoms with Gasteiger partial charge in [0.1, 0.15) is 17.3 Å². The molecule has 1 aliphatic heterocycles. The number of nitrogens with one attached hydrogen (secondary N) is 1. The Morgan fingerprint density at radius 1 is 1.44 bits per heavy atom. The number of halogens is 1. The molecule has 2 aromatic rings. The summed E-state index contributed by atoms with van der Waals surface area (Å²) in [6, 6.07) is 4.96. The number of hydrogen-bond donors (Lipinski definition) is 1. The van der Waals surface area contributed by atoms with Crippen LogP contribution in [-0.2, 0) is 16.0 Å². The van der Waals surface area contributed by atoms with Crippen LogP contribution in [0.5, 0.6) is 5.75 Å². The predicted molar refractivity (Wildman–Crippen MR) is 96.5 cm³/mol. The van der Waals surface area contributed by atoms with Gasteiger partial charge in [-0.05, 0) is 24.6 Å². The van der Waals surface area contributed by atoms with Gasteiger partial charge in [-0.15, -0.1) is 10.2 Å². The number of anilines is 2. The van der Waals surface area contributed by atoms with E-state index >= 15 is 0 Å². The van der Waals surface area contributed by atoms with Crippen LogP contribution in [0, 0.1) is 0 Å². The van der Waals surface area contributed by atoms with Gasteiger partial charge in [-0.1, -0.05) is 36.3 Å². The van der Waals surface area contributed by atoms with E-state index in [0.29, 0.717) is 21.6 Å². The maximum Gasteiger partial charge on any atom is 0.265 e. The molecule has 0 radical (unpaired) electrons. The van der Waals surface area contributed by atoms with E-state index in [1.165, 1.54) is 16.2 Å². The van der Waals surface area contributed by atoms with Crippen LogP contribution in [0.3, 0.4) is 0 Å². The highest BCUT2D eigenvalue weighted by molar-refractivity contribution is 7.15. The summed E-state index contributed by atoms with van der Waals surface area (Å²) in [6.07, 6.45) is 2.95. The van der Waals surface area contributed by atoms with Gasteiger partial charge in [0.15, 0.2) is 6.61 Å². The quantitative estimate of drug-likeness (QED) is 0.832. The number of ether oxygens (including phenoxy) is 1. The summed E-state index contributed by atoms with van der Waals surface area (Å²) in [6.45, 7) is 1.86. The van der Waals surface area contributed by atoms with Crippen molar-refractivity contribution in [3.05, 3.63) is 28.2 Å². The summed E-state index contributed by atoms with van der Waals surface area (Å²) in [5.41, 5.74) is 0.486. The molecular formula is C16H17ClN4O3S. The maximum absolute atomic E-state index is 12.3. The van der Waals surface area contributed by atoms with Crippen LogP contribution in [0.1, 0.15) is 24.8 Å². The fraction of sp³-hybridized carbons (Fsp3) is 0.375. The molecule has 0 unspecified atom stereocenters. The normalized spacial score (nSPS) is 13.4. The van der Waals surface area contributed by atoms with Crippen LogP contribution in [0.25, 0.3) is 0 Å². The minimum atomic E-state index is -0.348. The SMILES string of the molecule is CCCCc1nnc(NC(=O)CN2C(=O)COc3ccc(Cl)cc32)s1. The highest BCUT2D eigenvalue weighted by Crippen LogP contribution is 2.34. The second kappa shape index (κ2) is 7.79. The number of fused-ring (bicyclic) bond motifs is 1. The number of aryl methyl sites for hydroxylation is 1. The van der Waals surface area contributed by atoms with Crippen molar-refractivity contribution in [1.29, 1.82) is 0 Å². The van der Waals surface area contributed by atoms with Gasteiger partial charge < -0.3 is 4.74 Å². The number of unbranched alkanes of at least 4 members (excludes halogenated alkanes) is 1. The molecule has 0 atom stereocenters. The molecule has 7 nitrogen and oxygen atoms in total. The number of carbonyl (C=O) groups excluding carboxylic acids is 2. The first-order valence-corrected chi connectivity index (χ1v) is 9.11. The topological polar surface area (TPSA) is 84.4 Å². The lowest BCUT2D eigenvalue weighted by atomic mass is 10.2. The van der Waals surface area contributed by atoms with Gasteiger partial charge >= 0.3 is 0 Å².